The minimum Gasteiger partial charge on any atom is -0.356 e. The van der Waals surface area contributed by atoms with Crippen LogP contribution in [0, 0.1) is 29.0 Å². The maximum atomic E-state index is 14.4. The van der Waals surface area contributed by atoms with E-state index in [1.165, 1.54) is 11.0 Å². The number of aldehydes is 1. The van der Waals surface area contributed by atoms with Gasteiger partial charge in [-0.15, -0.1) is 0 Å². The molecule has 1 aliphatic carbocycles. The van der Waals surface area contributed by atoms with Gasteiger partial charge >= 0.3 is 0 Å². The summed E-state index contributed by atoms with van der Waals surface area (Å²) in [5.74, 6) is -1.79. The molecule has 3 N–H and O–H groups in total. The molecule has 3 heterocycles. The molecule has 0 bridgehead atoms. The van der Waals surface area contributed by atoms with Gasteiger partial charge in [-0.1, -0.05) is 31.5 Å². The second-order valence-electron chi connectivity index (χ2n) is 10.1. The van der Waals surface area contributed by atoms with Gasteiger partial charge in [0.2, 0.25) is 11.8 Å². The first-order chi connectivity index (χ1) is 16.1. The largest absolute Gasteiger partial charge is 0.356 e. The Kier molecular flexibility index (Phi) is 5.42. The number of nitrogens with zero attached hydrogens (tertiary/aromatic N) is 1. The second-order valence-corrected chi connectivity index (χ2v) is 10.5. The number of rotatable bonds is 6. The van der Waals surface area contributed by atoms with Crippen LogP contribution in [-0.2, 0) is 14.4 Å². The summed E-state index contributed by atoms with van der Waals surface area (Å²) in [6.07, 6.45) is 1.48. The van der Waals surface area contributed by atoms with Gasteiger partial charge in [0.05, 0.1) is 16.6 Å². The normalized spacial score (nSPS) is 27.9. The Morgan fingerprint density at radius 3 is 2.82 bits per heavy atom. The van der Waals surface area contributed by atoms with Gasteiger partial charge in [-0.25, -0.2) is 4.39 Å². The smallest absolute Gasteiger partial charge is 0.271 e. The van der Waals surface area contributed by atoms with Crippen LogP contribution in [-0.4, -0.2) is 59.1 Å². The molecule has 3 fully saturated rings. The fraction of sp³-hybridized carbons (Fsp3) is 0.500. The molecule has 2 aliphatic heterocycles. The van der Waals surface area contributed by atoms with E-state index in [2.05, 4.69) is 29.5 Å². The molecule has 8 nitrogen and oxygen atoms in total. The van der Waals surface area contributed by atoms with Crippen LogP contribution in [0.4, 0.5) is 4.39 Å². The van der Waals surface area contributed by atoms with Gasteiger partial charge in [0, 0.05) is 24.4 Å². The summed E-state index contributed by atoms with van der Waals surface area (Å²) in [5, 5.41) is 5.95. The van der Waals surface area contributed by atoms with Crippen LogP contribution in [0.5, 0.6) is 0 Å². The lowest BCUT2D eigenvalue weighted by Crippen LogP contribution is -2.52. The highest BCUT2D eigenvalue weighted by Gasteiger charge is 2.69. The Morgan fingerprint density at radius 1 is 1.38 bits per heavy atom. The number of aromatic amines is 1. The monoisotopic (exact) mass is 488 g/mol. The number of amides is 3. The fourth-order valence-electron chi connectivity index (χ4n) is 5.80. The predicted molar refractivity (Wildman–Crippen MR) is 123 cm³/mol. The van der Waals surface area contributed by atoms with Crippen LogP contribution in [0.25, 0.3) is 10.9 Å². The average molecular weight is 489 g/mol. The van der Waals surface area contributed by atoms with E-state index in [9.17, 15) is 23.6 Å². The number of fused-ring (bicyclic) bond motifs is 2. The molecule has 1 aromatic heterocycles. The number of carbonyl (C=O) groups is 4. The highest BCUT2D eigenvalue weighted by atomic mass is 35.5. The molecule has 2 saturated heterocycles. The van der Waals surface area contributed by atoms with Crippen LogP contribution in [0.3, 0.4) is 0 Å². The third kappa shape index (κ3) is 3.57. The second kappa shape index (κ2) is 8.08. The summed E-state index contributed by atoms with van der Waals surface area (Å²) >= 11 is 5.86. The van der Waals surface area contributed by atoms with Crippen molar-refractivity contribution in [1.82, 2.24) is 20.5 Å². The van der Waals surface area contributed by atoms with Gasteiger partial charge < -0.3 is 25.3 Å². The van der Waals surface area contributed by atoms with Crippen LogP contribution in [0.2, 0.25) is 5.02 Å². The zero-order valence-corrected chi connectivity index (χ0v) is 19.6. The fourth-order valence-corrected chi connectivity index (χ4v) is 5.96. The lowest BCUT2D eigenvalue weighted by atomic mass is 9.97. The maximum Gasteiger partial charge on any atom is 0.271 e. The molecule has 2 aromatic rings. The van der Waals surface area contributed by atoms with E-state index in [0.29, 0.717) is 31.2 Å². The zero-order valence-electron chi connectivity index (χ0n) is 18.9. The Hall–Kier alpha value is -2.94. The predicted octanol–water partition coefficient (Wildman–Crippen LogP) is 2.27. The third-order valence-corrected chi connectivity index (χ3v) is 8.14. The quantitative estimate of drug-likeness (QED) is 0.541. The van der Waals surface area contributed by atoms with E-state index in [1.807, 2.05) is 0 Å². The van der Waals surface area contributed by atoms with Gasteiger partial charge in [0.1, 0.15) is 18.0 Å². The molecule has 1 saturated carbocycles. The van der Waals surface area contributed by atoms with Gasteiger partial charge in [-0.05, 0) is 42.2 Å². The number of hydrogen-bond donors (Lipinski definition) is 3. The summed E-state index contributed by atoms with van der Waals surface area (Å²) in [4.78, 5) is 54.7. The van der Waals surface area contributed by atoms with E-state index in [0.717, 1.165) is 0 Å². The SMILES string of the molecule is CC1(C)[C@@H]2[C@@H](C(=O)N[C@H](C=O)C[C@@H]3CCNC3=O)N(C(=O)c3cc4ccc(Cl)c(F)c4[nH]3)C[C@@H]21. The molecular formula is C24H26ClFN4O4. The number of carbonyl (C=O) groups excluding carboxylic acids is 4. The number of H-pyrrole nitrogens is 1. The van der Waals surface area contributed by atoms with Crippen molar-refractivity contribution in [2.24, 2.45) is 23.2 Å². The molecule has 34 heavy (non-hydrogen) atoms. The molecule has 0 unspecified atom stereocenters. The van der Waals surface area contributed by atoms with Crippen LogP contribution >= 0.6 is 11.6 Å². The van der Waals surface area contributed by atoms with Crippen molar-refractivity contribution in [3.05, 3.63) is 34.7 Å². The van der Waals surface area contributed by atoms with Crippen molar-refractivity contribution in [2.75, 3.05) is 13.1 Å². The molecular weight excluding hydrogens is 463 g/mol. The van der Waals surface area contributed by atoms with Crippen molar-refractivity contribution >= 4 is 46.5 Å². The molecule has 5 atom stereocenters. The van der Waals surface area contributed by atoms with Gasteiger partial charge in [-0.2, -0.15) is 0 Å². The van der Waals surface area contributed by atoms with Gasteiger partial charge in [0.25, 0.3) is 5.91 Å². The maximum absolute atomic E-state index is 14.4. The molecule has 0 spiro atoms. The molecule has 5 rings (SSSR count). The third-order valence-electron chi connectivity index (χ3n) is 7.85. The van der Waals surface area contributed by atoms with Crippen molar-refractivity contribution in [1.29, 1.82) is 0 Å². The number of likely N-dealkylation sites (tertiary alicyclic amines) is 1. The van der Waals surface area contributed by atoms with E-state index in [4.69, 9.17) is 11.6 Å². The molecule has 180 valence electrons. The lowest BCUT2D eigenvalue weighted by molar-refractivity contribution is -0.129. The van der Waals surface area contributed by atoms with Crippen LogP contribution in [0.1, 0.15) is 37.2 Å². The summed E-state index contributed by atoms with van der Waals surface area (Å²) in [6, 6.07) is 3.02. The molecule has 1 aromatic carbocycles. The topological polar surface area (TPSA) is 111 Å². The summed E-state index contributed by atoms with van der Waals surface area (Å²) in [6.45, 7) is 5.07. The first-order valence-corrected chi connectivity index (χ1v) is 11.8. The number of hydrogen-bond acceptors (Lipinski definition) is 4. The number of nitrogens with one attached hydrogen (secondary N) is 3. The van der Waals surface area contributed by atoms with E-state index in [-0.39, 0.29) is 51.7 Å². The number of benzene rings is 1. The summed E-state index contributed by atoms with van der Waals surface area (Å²) < 4.78 is 14.4. The van der Waals surface area contributed by atoms with Crippen LogP contribution in [0.15, 0.2) is 18.2 Å². The van der Waals surface area contributed by atoms with Crippen molar-refractivity contribution in [3.8, 4) is 0 Å². The Balaban J connectivity index is 1.37. The van der Waals surface area contributed by atoms with Crippen molar-refractivity contribution < 1.29 is 23.6 Å². The van der Waals surface area contributed by atoms with Crippen molar-refractivity contribution in [2.45, 2.75) is 38.8 Å². The molecule has 0 radical (unpaired) electrons. The minimum absolute atomic E-state index is 0.0471. The summed E-state index contributed by atoms with van der Waals surface area (Å²) in [5.41, 5.74) is 0.195. The first-order valence-electron chi connectivity index (χ1n) is 11.4. The number of piperidine rings is 1. The number of halogens is 2. The van der Waals surface area contributed by atoms with Gasteiger partial charge in [0.15, 0.2) is 5.82 Å². The zero-order chi connectivity index (χ0) is 24.4. The number of aromatic nitrogens is 1. The van der Waals surface area contributed by atoms with Gasteiger partial charge in [-0.3, -0.25) is 14.4 Å². The Bertz CT molecular complexity index is 1210. The Labute approximate surface area is 200 Å². The lowest BCUT2D eigenvalue weighted by Gasteiger charge is -2.30. The molecule has 3 amide bonds. The first kappa shape index (κ1) is 22.8. The standard InChI is InChI=1S/C24H26ClFN4O4/c1-24(2)14-9-30(23(34)16-8-11-3-4-15(25)18(26)19(11)29-16)20(17(14)24)22(33)28-13(10-31)7-12-5-6-27-21(12)32/h3-4,8,10,12-14,17,20,29H,5-7,9H2,1-2H3,(H,27,32)(H,28,33)/t12-,13-,14-,17-,20-/m0/s1. The van der Waals surface area contributed by atoms with Crippen molar-refractivity contribution in [3.63, 3.8) is 0 Å². The van der Waals surface area contributed by atoms with E-state index < -0.39 is 29.7 Å². The minimum atomic E-state index is -0.816. The van der Waals surface area contributed by atoms with E-state index >= 15 is 0 Å². The Morgan fingerprint density at radius 2 is 2.15 bits per heavy atom. The average Bonchev–Trinajstić information content (AvgIpc) is 3.31. The molecule has 10 heteroatoms. The summed E-state index contributed by atoms with van der Waals surface area (Å²) in [7, 11) is 0. The molecule has 3 aliphatic rings. The van der Waals surface area contributed by atoms with Crippen LogP contribution < -0.4 is 10.6 Å². The van der Waals surface area contributed by atoms with E-state index in [1.54, 1.807) is 12.1 Å². The highest BCUT2D eigenvalue weighted by Crippen LogP contribution is 2.65. The highest BCUT2D eigenvalue weighted by molar-refractivity contribution is 6.31.